The molecule has 2 rings (SSSR count). The summed E-state index contributed by atoms with van der Waals surface area (Å²) in [5, 5.41) is 2.41. The number of nitrogens with zero attached hydrogens (tertiary/aromatic N) is 2. The topological polar surface area (TPSA) is 72.0 Å². The van der Waals surface area contributed by atoms with E-state index in [4.69, 9.17) is 0 Å². The van der Waals surface area contributed by atoms with Crippen LogP contribution < -0.4 is 5.32 Å². The average molecular weight is 293 g/mol. The lowest BCUT2D eigenvalue weighted by Crippen LogP contribution is -2.28. The maximum absolute atomic E-state index is 11.2. The van der Waals surface area contributed by atoms with Gasteiger partial charge in [-0.3, -0.25) is 14.6 Å². The van der Waals surface area contributed by atoms with Crippen molar-refractivity contribution < 1.29 is 9.59 Å². The highest BCUT2D eigenvalue weighted by atomic mass is 16.2. The minimum atomic E-state index is -0.386. The van der Waals surface area contributed by atoms with Gasteiger partial charge in [0, 0.05) is 12.4 Å². The summed E-state index contributed by atoms with van der Waals surface area (Å²) in [4.78, 5) is 29.2. The van der Waals surface area contributed by atoms with Crippen molar-refractivity contribution in [3.63, 3.8) is 0 Å². The normalized spacial score (nSPS) is 12.9. The molecule has 0 aliphatic heterocycles. The van der Waals surface area contributed by atoms with E-state index < -0.39 is 0 Å². The van der Waals surface area contributed by atoms with E-state index in [9.17, 15) is 9.59 Å². The first-order valence-electron chi connectivity index (χ1n) is 7.74. The molecule has 1 saturated carbocycles. The van der Waals surface area contributed by atoms with Gasteiger partial charge in [0.25, 0.3) is 5.91 Å². The molecular formula is C16H27N3O2. The number of carbonyl (C=O) groups is 2. The Kier molecular flexibility index (Phi) is 12.1. The van der Waals surface area contributed by atoms with E-state index in [2.05, 4.69) is 15.3 Å². The number of hydrogen-bond acceptors (Lipinski definition) is 4. The number of rotatable bonds is 3. The van der Waals surface area contributed by atoms with Crippen molar-refractivity contribution in [3.8, 4) is 0 Å². The van der Waals surface area contributed by atoms with E-state index in [1.165, 1.54) is 64.0 Å². The number of nitrogens with one attached hydrogen (secondary N) is 1. The zero-order valence-corrected chi connectivity index (χ0v) is 13.4. The Hall–Kier alpha value is -1.78. The SMILES string of the molecule is C1CCCCC1.CC.CC(=O)CNC(=O)c1cnccn1. The van der Waals surface area contributed by atoms with Crippen molar-refractivity contribution in [2.75, 3.05) is 6.54 Å². The molecule has 1 N–H and O–H groups in total. The van der Waals surface area contributed by atoms with Crippen LogP contribution in [0.4, 0.5) is 0 Å². The van der Waals surface area contributed by atoms with Gasteiger partial charge >= 0.3 is 0 Å². The van der Waals surface area contributed by atoms with Gasteiger partial charge < -0.3 is 5.32 Å². The van der Waals surface area contributed by atoms with Crippen LogP contribution >= 0.6 is 0 Å². The fourth-order valence-corrected chi connectivity index (χ4v) is 1.77. The molecule has 0 radical (unpaired) electrons. The Balaban J connectivity index is 0.000000416. The summed E-state index contributed by atoms with van der Waals surface area (Å²) in [7, 11) is 0. The number of amides is 1. The standard InChI is InChI=1S/C8H9N3O2.C6H12.C2H6/c1-6(12)4-11-8(13)7-5-9-2-3-10-7;1-2-4-6-5-3-1;1-2/h2-3,5H,4H2,1H3,(H,11,13);1-6H2;1-2H3. The highest BCUT2D eigenvalue weighted by Crippen LogP contribution is 2.15. The Bertz CT molecular complexity index is 378. The number of Topliss-reactive ketones (excluding diaryl/α,β-unsaturated/α-hetero) is 1. The first-order valence-corrected chi connectivity index (χ1v) is 7.74. The van der Waals surface area contributed by atoms with Crippen molar-refractivity contribution >= 4 is 11.7 Å². The van der Waals surface area contributed by atoms with Crippen LogP contribution in [0.25, 0.3) is 0 Å². The lowest BCUT2D eigenvalue weighted by Gasteiger charge is -2.05. The van der Waals surface area contributed by atoms with Crippen molar-refractivity contribution in [1.29, 1.82) is 0 Å². The van der Waals surface area contributed by atoms with Gasteiger partial charge in [-0.2, -0.15) is 0 Å². The van der Waals surface area contributed by atoms with Crippen LogP contribution in [0.5, 0.6) is 0 Å². The fourth-order valence-electron chi connectivity index (χ4n) is 1.77. The lowest BCUT2D eigenvalue weighted by atomic mass is 10.0. The Morgan fingerprint density at radius 2 is 1.57 bits per heavy atom. The first-order chi connectivity index (χ1) is 10.2. The summed E-state index contributed by atoms with van der Waals surface area (Å²) >= 11 is 0. The van der Waals surface area contributed by atoms with Gasteiger partial charge in [-0.05, 0) is 6.92 Å². The van der Waals surface area contributed by atoms with Crippen molar-refractivity contribution in [3.05, 3.63) is 24.3 Å². The summed E-state index contributed by atoms with van der Waals surface area (Å²) in [6.07, 6.45) is 13.2. The molecular weight excluding hydrogens is 266 g/mol. The quantitative estimate of drug-likeness (QED) is 0.929. The van der Waals surface area contributed by atoms with Crippen LogP contribution in [0.2, 0.25) is 0 Å². The molecule has 1 fully saturated rings. The van der Waals surface area contributed by atoms with Gasteiger partial charge in [0.15, 0.2) is 0 Å². The summed E-state index contributed by atoms with van der Waals surface area (Å²) in [6, 6.07) is 0. The van der Waals surface area contributed by atoms with E-state index >= 15 is 0 Å². The molecule has 1 aliphatic rings. The summed E-state index contributed by atoms with van der Waals surface area (Å²) in [6.45, 7) is 5.42. The average Bonchev–Trinajstić information content (AvgIpc) is 2.57. The summed E-state index contributed by atoms with van der Waals surface area (Å²) < 4.78 is 0. The fraction of sp³-hybridized carbons (Fsp3) is 0.625. The van der Waals surface area contributed by atoms with Crippen LogP contribution in [-0.4, -0.2) is 28.2 Å². The highest BCUT2D eigenvalue weighted by Gasteiger charge is 2.06. The second-order valence-corrected chi connectivity index (χ2v) is 4.60. The van der Waals surface area contributed by atoms with Gasteiger partial charge in [0.2, 0.25) is 0 Å². The molecule has 0 bridgehead atoms. The molecule has 5 nitrogen and oxygen atoms in total. The van der Waals surface area contributed by atoms with E-state index in [0.717, 1.165) is 0 Å². The largest absolute Gasteiger partial charge is 0.344 e. The van der Waals surface area contributed by atoms with Gasteiger partial charge in [0.05, 0.1) is 12.7 Å². The van der Waals surface area contributed by atoms with E-state index in [1.807, 2.05) is 13.8 Å². The number of hydrogen-bond donors (Lipinski definition) is 1. The van der Waals surface area contributed by atoms with Crippen LogP contribution in [0, 0.1) is 0 Å². The molecule has 0 spiro atoms. The van der Waals surface area contributed by atoms with Gasteiger partial charge in [-0.1, -0.05) is 52.4 Å². The second kappa shape index (κ2) is 13.2. The molecule has 118 valence electrons. The third-order valence-corrected chi connectivity index (χ3v) is 2.79. The smallest absolute Gasteiger partial charge is 0.271 e. The second-order valence-electron chi connectivity index (χ2n) is 4.60. The number of aromatic nitrogens is 2. The summed E-state index contributed by atoms with van der Waals surface area (Å²) in [5.41, 5.74) is 0.212. The maximum Gasteiger partial charge on any atom is 0.271 e. The number of ketones is 1. The van der Waals surface area contributed by atoms with E-state index in [1.54, 1.807) is 0 Å². The lowest BCUT2D eigenvalue weighted by molar-refractivity contribution is -0.116. The Morgan fingerprint density at radius 1 is 1.05 bits per heavy atom. The molecule has 1 aromatic rings. The minimum absolute atomic E-state index is 0.0232. The zero-order chi connectivity index (χ0) is 15.9. The third-order valence-electron chi connectivity index (χ3n) is 2.79. The van der Waals surface area contributed by atoms with Crippen molar-refractivity contribution in [1.82, 2.24) is 15.3 Å². The van der Waals surface area contributed by atoms with Crippen LogP contribution in [0.1, 0.15) is 69.8 Å². The predicted molar refractivity (Wildman–Crippen MR) is 84.1 cm³/mol. The molecule has 0 aromatic carbocycles. The molecule has 5 heteroatoms. The monoisotopic (exact) mass is 293 g/mol. The van der Waals surface area contributed by atoms with Gasteiger partial charge in [-0.15, -0.1) is 0 Å². The van der Waals surface area contributed by atoms with Gasteiger partial charge in [-0.25, -0.2) is 4.98 Å². The molecule has 0 saturated heterocycles. The first kappa shape index (κ1) is 19.2. The third kappa shape index (κ3) is 10.6. The van der Waals surface area contributed by atoms with Crippen molar-refractivity contribution in [2.24, 2.45) is 0 Å². The molecule has 21 heavy (non-hydrogen) atoms. The zero-order valence-electron chi connectivity index (χ0n) is 13.4. The highest BCUT2D eigenvalue weighted by molar-refractivity contribution is 5.94. The van der Waals surface area contributed by atoms with Crippen LogP contribution in [0.15, 0.2) is 18.6 Å². The van der Waals surface area contributed by atoms with Crippen LogP contribution in [0.3, 0.4) is 0 Å². The Morgan fingerprint density at radius 3 is 1.95 bits per heavy atom. The van der Waals surface area contributed by atoms with E-state index in [-0.39, 0.29) is 23.9 Å². The summed E-state index contributed by atoms with van der Waals surface area (Å²) in [5.74, 6) is -0.486. The molecule has 1 amide bonds. The number of carbonyl (C=O) groups excluding carboxylic acids is 2. The molecule has 1 aliphatic carbocycles. The maximum atomic E-state index is 11.2. The minimum Gasteiger partial charge on any atom is -0.344 e. The molecule has 0 atom stereocenters. The van der Waals surface area contributed by atoms with Crippen LogP contribution in [-0.2, 0) is 4.79 Å². The molecule has 1 heterocycles. The predicted octanol–water partition coefficient (Wildman–Crippen LogP) is 3.16. The molecule has 0 unspecified atom stereocenters. The Labute approximate surface area is 127 Å². The van der Waals surface area contributed by atoms with Crippen molar-refractivity contribution in [2.45, 2.75) is 59.3 Å². The van der Waals surface area contributed by atoms with E-state index in [0.29, 0.717) is 0 Å². The molecule has 1 aromatic heterocycles. The van der Waals surface area contributed by atoms with Gasteiger partial charge in [0.1, 0.15) is 11.5 Å².